The van der Waals surface area contributed by atoms with E-state index in [1.165, 1.54) is 12.1 Å². The number of halogens is 2. The van der Waals surface area contributed by atoms with Gasteiger partial charge in [0.2, 0.25) is 0 Å². The molecule has 1 aliphatic rings. The van der Waals surface area contributed by atoms with E-state index in [2.05, 4.69) is 26.6 Å². The minimum Gasteiger partial charge on any atom is -0.352 e. The van der Waals surface area contributed by atoms with E-state index >= 15 is 0 Å². The highest BCUT2D eigenvalue weighted by Crippen LogP contribution is 2.15. The van der Waals surface area contributed by atoms with Gasteiger partial charge in [0.1, 0.15) is 5.82 Å². The van der Waals surface area contributed by atoms with Crippen LogP contribution in [-0.4, -0.2) is 25.5 Å². The van der Waals surface area contributed by atoms with Gasteiger partial charge in [0.15, 0.2) is 0 Å². The zero-order valence-corrected chi connectivity index (χ0v) is 10.9. The smallest absolute Gasteiger partial charge is 0.254 e. The summed E-state index contributed by atoms with van der Waals surface area (Å²) >= 11 is 3.23. The second kappa shape index (κ2) is 5.60. The molecule has 5 heteroatoms. The first-order valence-corrected chi connectivity index (χ1v) is 6.40. The molecule has 1 saturated heterocycles. The summed E-state index contributed by atoms with van der Waals surface area (Å²) in [5.41, 5.74) is 0.0883. The molecule has 0 radical (unpaired) electrons. The second-order valence-electron chi connectivity index (χ2n) is 4.19. The minimum absolute atomic E-state index is 0.0883. The highest BCUT2D eigenvalue weighted by Gasteiger charge is 2.17. The van der Waals surface area contributed by atoms with Crippen LogP contribution in [-0.2, 0) is 0 Å². The second-order valence-corrected chi connectivity index (χ2v) is 5.11. The fraction of sp³-hybridized carbons (Fsp3) is 0.417. The van der Waals surface area contributed by atoms with E-state index in [4.69, 9.17) is 0 Å². The summed E-state index contributed by atoms with van der Waals surface area (Å²) in [6, 6.07) is 4.36. The Kier molecular flexibility index (Phi) is 4.12. The molecule has 17 heavy (non-hydrogen) atoms. The molecule has 1 aromatic carbocycles. The van der Waals surface area contributed by atoms with Gasteiger partial charge in [-0.3, -0.25) is 4.79 Å². The van der Waals surface area contributed by atoms with Gasteiger partial charge in [0, 0.05) is 11.0 Å². The van der Waals surface area contributed by atoms with Crippen molar-refractivity contribution >= 4 is 21.8 Å². The van der Waals surface area contributed by atoms with Gasteiger partial charge in [0.05, 0.1) is 5.56 Å². The Labute approximate surface area is 108 Å². The van der Waals surface area contributed by atoms with Crippen LogP contribution in [0, 0.1) is 11.7 Å². The molecule has 1 amide bonds. The number of carbonyl (C=O) groups is 1. The molecule has 1 heterocycles. The molecule has 1 aliphatic heterocycles. The number of hydrogen-bond acceptors (Lipinski definition) is 2. The third-order valence-corrected chi connectivity index (χ3v) is 3.38. The summed E-state index contributed by atoms with van der Waals surface area (Å²) in [4.78, 5) is 11.8. The molecule has 0 aromatic heterocycles. The van der Waals surface area contributed by atoms with Gasteiger partial charge in [-0.2, -0.15) is 0 Å². The largest absolute Gasteiger partial charge is 0.352 e. The molecule has 92 valence electrons. The predicted molar refractivity (Wildman–Crippen MR) is 67.4 cm³/mol. The van der Waals surface area contributed by atoms with Crippen LogP contribution < -0.4 is 10.6 Å². The monoisotopic (exact) mass is 300 g/mol. The van der Waals surface area contributed by atoms with Crippen LogP contribution >= 0.6 is 15.9 Å². The minimum atomic E-state index is -0.491. The molecule has 1 fully saturated rings. The van der Waals surface area contributed by atoms with Crippen LogP contribution in [0.5, 0.6) is 0 Å². The lowest BCUT2D eigenvalue weighted by Crippen LogP contribution is -2.30. The number of carbonyl (C=O) groups excluding carboxylic acids is 1. The quantitative estimate of drug-likeness (QED) is 0.895. The lowest BCUT2D eigenvalue weighted by molar-refractivity contribution is 0.0944. The lowest BCUT2D eigenvalue weighted by Gasteiger charge is -2.10. The Morgan fingerprint density at radius 3 is 3.12 bits per heavy atom. The number of amides is 1. The topological polar surface area (TPSA) is 41.1 Å². The summed E-state index contributed by atoms with van der Waals surface area (Å²) in [7, 11) is 0. The van der Waals surface area contributed by atoms with Crippen molar-refractivity contribution in [3.63, 3.8) is 0 Å². The molecule has 3 nitrogen and oxygen atoms in total. The van der Waals surface area contributed by atoms with Crippen molar-refractivity contribution in [2.75, 3.05) is 19.6 Å². The first-order chi connectivity index (χ1) is 8.16. The van der Waals surface area contributed by atoms with E-state index in [9.17, 15) is 9.18 Å². The van der Waals surface area contributed by atoms with Crippen LogP contribution in [0.3, 0.4) is 0 Å². The Hall–Kier alpha value is -0.940. The molecule has 2 N–H and O–H groups in total. The molecule has 1 unspecified atom stereocenters. The number of benzene rings is 1. The number of rotatable bonds is 3. The van der Waals surface area contributed by atoms with Crippen molar-refractivity contribution in [3.8, 4) is 0 Å². The van der Waals surface area contributed by atoms with E-state index in [1.54, 1.807) is 6.07 Å². The van der Waals surface area contributed by atoms with Gasteiger partial charge >= 0.3 is 0 Å². The maximum absolute atomic E-state index is 13.4. The maximum Gasteiger partial charge on any atom is 0.254 e. The third-order valence-electron chi connectivity index (χ3n) is 2.89. The molecular formula is C12H14BrFN2O. The summed E-state index contributed by atoms with van der Waals surface area (Å²) in [5.74, 6) is -0.389. The molecule has 1 atom stereocenters. The van der Waals surface area contributed by atoms with Crippen LogP contribution in [0.4, 0.5) is 4.39 Å². The predicted octanol–water partition coefficient (Wildman–Crippen LogP) is 1.93. The van der Waals surface area contributed by atoms with Crippen molar-refractivity contribution in [2.45, 2.75) is 6.42 Å². The van der Waals surface area contributed by atoms with E-state index in [-0.39, 0.29) is 11.5 Å². The van der Waals surface area contributed by atoms with Crippen LogP contribution in [0.1, 0.15) is 16.8 Å². The number of nitrogens with one attached hydrogen (secondary N) is 2. The first-order valence-electron chi connectivity index (χ1n) is 5.61. The van der Waals surface area contributed by atoms with Crippen LogP contribution in [0.25, 0.3) is 0 Å². The van der Waals surface area contributed by atoms with Gasteiger partial charge in [-0.05, 0) is 43.6 Å². The fourth-order valence-corrected chi connectivity index (χ4v) is 2.25. The maximum atomic E-state index is 13.4. The van der Waals surface area contributed by atoms with Crippen molar-refractivity contribution in [1.82, 2.24) is 10.6 Å². The molecular weight excluding hydrogens is 287 g/mol. The molecule has 0 bridgehead atoms. The summed E-state index contributed by atoms with van der Waals surface area (Å²) in [5, 5.41) is 5.99. The van der Waals surface area contributed by atoms with Crippen LogP contribution in [0.2, 0.25) is 0 Å². The molecule has 2 rings (SSSR count). The summed E-state index contributed by atoms with van der Waals surface area (Å²) < 4.78 is 14.1. The van der Waals surface area contributed by atoms with Gasteiger partial charge in [-0.15, -0.1) is 0 Å². The van der Waals surface area contributed by atoms with E-state index in [0.29, 0.717) is 16.9 Å². The molecule has 1 aromatic rings. The van der Waals surface area contributed by atoms with E-state index in [1.807, 2.05) is 0 Å². The SMILES string of the molecule is O=C(NCC1CCNC1)c1cc(Br)ccc1F. The molecule has 0 saturated carbocycles. The average Bonchev–Trinajstić information content (AvgIpc) is 2.82. The van der Waals surface area contributed by atoms with Crippen molar-refractivity contribution in [3.05, 3.63) is 34.1 Å². The zero-order chi connectivity index (χ0) is 12.3. The Morgan fingerprint density at radius 2 is 2.41 bits per heavy atom. The normalized spacial score (nSPS) is 19.3. The highest BCUT2D eigenvalue weighted by molar-refractivity contribution is 9.10. The van der Waals surface area contributed by atoms with Gasteiger partial charge in [-0.1, -0.05) is 15.9 Å². The number of hydrogen-bond donors (Lipinski definition) is 2. The zero-order valence-electron chi connectivity index (χ0n) is 9.30. The van der Waals surface area contributed by atoms with E-state index in [0.717, 1.165) is 19.5 Å². The third kappa shape index (κ3) is 3.26. The van der Waals surface area contributed by atoms with E-state index < -0.39 is 5.82 Å². The Bertz CT molecular complexity index is 419. The Balaban J connectivity index is 1.96. The fourth-order valence-electron chi connectivity index (χ4n) is 1.89. The van der Waals surface area contributed by atoms with Crippen molar-refractivity contribution in [2.24, 2.45) is 5.92 Å². The lowest BCUT2D eigenvalue weighted by atomic mass is 10.1. The first kappa shape index (κ1) is 12.5. The summed E-state index contributed by atoms with van der Waals surface area (Å²) in [6.07, 6.45) is 1.06. The Morgan fingerprint density at radius 1 is 1.59 bits per heavy atom. The highest BCUT2D eigenvalue weighted by atomic mass is 79.9. The van der Waals surface area contributed by atoms with Crippen molar-refractivity contribution in [1.29, 1.82) is 0 Å². The van der Waals surface area contributed by atoms with Gasteiger partial charge in [0.25, 0.3) is 5.91 Å². The van der Waals surface area contributed by atoms with Gasteiger partial charge in [-0.25, -0.2) is 4.39 Å². The van der Waals surface area contributed by atoms with Crippen molar-refractivity contribution < 1.29 is 9.18 Å². The van der Waals surface area contributed by atoms with Gasteiger partial charge < -0.3 is 10.6 Å². The molecule has 0 aliphatic carbocycles. The van der Waals surface area contributed by atoms with Crippen LogP contribution in [0.15, 0.2) is 22.7 Å². The molecule has 0 spiro atoms. The summed E-state index contributed by atoms with van der Waals surface area (Å²) in [6.45, 7) is 2.50. The average molecular weight is 301 g/mol. The standard InChI is InChI=1S/C12H14BrFN2O/c13-9-1-2-11(14)10(5-9)12(17)16-7-8-3-4-15-6-8/h1-2,5,8,15H,3-4,6-7H2,(H,16,17).